The van der Waals surface area contributed by atoms with Crippen LogP contribution in [-0.2, 0) is 4.79 Å². The third-order valence-electron chi connectivity index (χ3n) is 2.38. The molecule has 3 nitrogen and oxygen atoms in total. The Morgan fingerprint density at radius 2 is 2.54 bits per heavy atom. The molecular weight excluding hydrogens is 184 g/mol. The van der Waals surface area contributed by atoms with Crippen LogP contribution in [0.2, 0.25) is 0 Å². The van der Waals surface area contributed by atoms with Crippen molar-refractivity contribution in [2.75, 3.05) is 5.32 Å². The summed E-state index contributed by atoms with van der Waals surface area (Å²) in [6.45, 7) is 0. The van der Waals surface area contributed by atoms with Crippen LogP contribution >= 0.6 is 11.3 Å². The topological polar surface area (TPSA) is 42.0 Å². The van der Waals surface area contributed by atoms with Gasteiger partial charge in [0.2, 0.25) is 5.91 Å². The minimum Gasteiger partial charge on any atom is -0.302 e. The van der Waals surface area contributed by atoms with Crippen molar-refractivity contribution in [2.24, 2.45) is 5.92 Å². The van der Waals surface area contributed by atoms with Gasteiger partial charge in [0, 0.05) is 18.0 Å². The SMILES string of the molecule is O=C(CC1CCC1)Nc1nccs1. The molecule has 0 aliphatic heterocycles. The molecule has 1 aliphatic rings. The Balaban J connectivity index is 1.78. The molecule has 1 saturated carbocycles. The van der Waals surface area contributed by atoms with Gasteiger partial charge in [-0.05, 0) is 18.8 Å². The van der Waals surface area contributed by atoms with E-state index in [1.54, 1.807) is 6.20 Å². The van der Waals surface area contributed by atoms with E-state index in [0.717, 1.165) is 0 Å². The molecule has 1 heterocycles. The van der Waals surface area contributed by atoms with Gasteiger partial charge in [0.15, 0.2) is 5.13 Å². The summed E-state index contributed by atoms with van der Waals surface area (Å²) in [4.78, 5) is 15.4. The molecule has 0 atom stereocenters. The first-order valence-electron chi connectivity index (χ1n) is 4.54. The van der Waals surface area contributed by atoms with Crippen molar-refractivity contribution in [2.45, 2.75) is 25.7 Å². The first-order chi connectivity index (χ1) is 6.34. The molecule has 1 N–H and O–H groups in total. The van der Waals surface area contributed by atoms with Crippen molar-refractivity contribution in [3.05, 3.63) is 11.6 Å². The molecular formula is C9H12N2OS. The smallest absolute Gasteiger partial charge is 0.226 e. The highest BCUT2D eigenvalue weighted by Crippen LogP contribution is 2.29. The lowest BCUT2D eigenvalue weighted by molar-refractivity contribution is -0.117. The van der Waals surface area contributed by atoms with Gasteiger partial charge in [-0.1, -0.05) is 6.42 Å². The minimum absolute atomic E-state index is 0.111. The second kappa shape index (κ2) is 3.87. The summed E-state index contributed by atoms with van der Waals surface area (Å²) < 4.78 is 0. The van der Waals surface area contributed by atoms with Crippen LogP contribution in [0, 0.1) is 5.92 Å². The fraction of sp³-hybridized carbons (Fsp3) is 0.556. The van der Waals surface area contributed by atoms with E-state index in [1.165, 1.54) is 30.6 Å². The number of nitrogens with zero attached hydrogens (tertiary/aromatic N) is 1. The molecule has 0 spiro atoms. The summed E-state index contributed by atoms with van der Waals surface area (Å²) >= 11 is 1.46. The zero-order chi connectivity index (χ0) is 9.10. The van der Waals surface area contributed by atoms with Gasteiger partial charge >= 0.3 is 0 Å². The Morgan fingerprint density at radius 1 is 1.69 bits per heavy atom. The lowest BCUT2D eigenvalue weighted by Crippen LogP contribution is -2.20. The Labute approximate surface area is 81.2 Å². The van der Waals surface area contributed by atoms with E-state index >= 15 is 0 Å². The number of hydrogen-bond donors (Lipinski definition) is 1. The number of anilines is 1. The molecule has 13 heavy (non-hydrogen) atoms. The zero-order valence-corrected chi connectivity index (χ0v) is 8.14. The van der Waals surface area contributed by atoms with Gasteiger partial charge < -0.3 is 5.32 Å². The Bertz CT molecular complexity index is 280. The van der Waals surface area contributed by atoms with Crippen LogP contribution in [0.1, 0.15) is 25.7 Å². The number of carbonyl (C=O) groups is 1. The average molecular weight is 196 g/mol. The van der Waals surface area contributed by atoms with Crippen LogP contribution in [0.25, 0.3) is 0 Å². The standard InChI is InChI=1S/C9H12N2OS/c12-8(6-7-2-1-3-7)11-9-10-4-5-13-9/h4-5,7H,1-3,6H2,(H,10,11,12). The summed E-state index contributed by atoms with van der Waals surface area (Å²) in [6, 6.07) is 0. The highest BCUT2D eigenvalue weighted by Gasteiger charge is 2.20. The van der Waals surface area contributed by atoms with Gasteiger partial charge in [0.25, 0.3) is 0 Å². The molecule has 1 aliphatic carbocycles. The lowest BCUT2D eigenvalue weighted by atomic mass is 9.83. The predicted molar refractivity (Wildman–Crippen MR) is 52.7 cm³/mol. The van der Waals surface area contributed by atoms with Crippen LogP contribution in [0.15, 0.2) is 11.6 Å². The van der Waals surface area contributed by atoms with Gasteiger partial charge in [0.1, 0.15) is 0 Å². The van der Waals surface area contributed by atoms with Crippen molar-refractivity contribution >= 4 is 22.4 Å². The third-order valence-corrected chi connectivity index (χ3v) is 3.07. The maximum Gasteiger partial charge on any atom is 0.226 e. The molecule has 0 radical (unpaired) electrons. The number of carbonyl (C=O) groups excluding carboxylic acids is 1. The van der Waals surface area contributed by atoms with Crippen LogP contribution in [-0.4, -0.2) is 10.9 Å². The molecule has 1 aromatic rings. The quantitative estimate of drug-likeness (QED) is 0.805. The zero-order valence-electron chi connectivity index (χ0n) is 7.32. The molecule has 2 rings (SSSR count). The number of aromatic nitrogens is 1. The lowest BCUT2D eigenvalue weighted by Gasteiger charge is -2.24. The fourth-order valence-corrected chi connectivity index (χ4v) is 1.96. The van der Waals surface area contributed by atoms with Gasteiger partial charge in [-0.3, -0.25) is 4.79 Å². The van der Waals surface area contributed by atoms with Gasteiger partial charge in [-0.15, -0.1) is 11.3 Å². The highest BCUT2D eigenvalue weighted by atomic mass is 32.1. The van der Waals surface area contributed by atoms with E-state index in [-0.39, 0.29) is 5.91 Å². The molecule has 0 saturated heterocycles. The number of thiazole rings is 1. The molecule has 0 unspecified atom stereocenters. The summed E-state index contributed by atoms with van der Waals surface area (Å²) in [7, 11) is 0. The summed E-state index contributed by atoms with van der Waals surface area (Å²) in [5.41, 5.74) is 0. The molecule has 0 aromatic carbocycles. The fourth-order valence-electron chi connectivity index (χ4n) is 1.41. The third kappa shape index (κ3) is 2.28. The molecule has 0 bridgehead atoms. The highest BCUT2D eigenvalue weighted by molar-refractivity contribution is 7.13. The van der Waals surface area contributed by atoms with Gasteiger partial charge in [-0.2, -0.15) is 0 Å². The molecule has 1 fully saturated rings. The summed E-state index contributed by atoms with van der Waals surface area (Å²) in [5, 5.41) is 5.36. The molecule has 1 aromatic heterocycles. The predicted octanol–water partition coefficient (Wildman–Crippen LogP) is 2.27. The summed E-state index contributed by atoms with van der Waals surface area (Å²) in [5.74, 6) is 0.736. The molecule has 1 amide bonds. The molecule has 70 valence electrons. The average Bonchev–Trinajstić information content (AvgIpc) is 2.49. The van der Waals surface area contributed by atoms with Crippen LogP contribution < -0.4 is 5.32 Å². The molecule has 4 heteroatoms. The van der Waals surface area contributed by atoms with Crippen molar-refractivity contribution in [3.63, 3.8) is 0 Å². The van der Waals surface area contributed by atoms with Crippen molar-refractivity contribution in [3.8, 4) is 0 Å². The van der Waals surface area contributed by atoms with Crippen molar-refractivity contribution in [1.82, 2.24) is 4.98 Å². The Kier molecular flexibility index (Phi) is 2.59. The van der Waals surface area contributed by atoms with Crippen LogP contribution in [0.5, 0.6) is 0 Å². The van der Waals surface area contributed by atoms with Crippen molar-refractivity contribution < 1.29 is 4.79 Å². The first-order valence-corrected chi connectivity index (χ1v) is 5.42. The first kappa shape index (κ1) is 8.69. The number of amides is 1. The number of rotatable bonds is 3. The largest absolute Gasteiger partial charge is 0.302 e. The van der Waals surface area contributed by atoms with E-state index < -0.39 is 0 Å². The van der Waals surface area contributed by atoms with E-state index in [2.05, 4.69) is 10.3 Å². The van der Waals surface area contributed by atoms with Crippen LogP contribution in [0.4, 0.5) is 5.13 Å². The summed E-state index contributed by atoms with van der Waals surface area (Å²) in [6.07, 6.45) is 6.08. The second-order valence-electron chi connectivity index (χ2n) is 3.39. The van der Waals surface area contributed by atoms with Gasteiger partial charge in [-0.25, -0.2) is 4.98 Å². The van der Waals surface area contributed by atoms with Gasteiger partial charge in [0.05, 0.1) is 0 Å². The Hall–Kier alpha value is -0.900. The minimum atomic E-state index is 0.111. The monoisotopic (exact) mass is 196 g/mol. The Morgan fingerprint density at radius 3 is 3.08 bits per heavy atom. The van der Waals surface area contributed by atoms with E-state index in [1.807, 2.05) is 5.38 Å². The van der Waals surface area contributed by atoms with E-state index in [9.17, 15) is 4.79 Å². The van der Waals surface area contributed by atoms with E-state index in [0.29, 0.717) is 17.5 Å². The number of hydrogen-bond acceptors (Lipinski definition) is 3. The normalized spacial score (nSPS) is 16.6. The maximum atomic E-state index is 11.4. The number of nitrogens with one attached hydrogen (secondary N) is 1. The second-order valence-corrected chi connectivity index (χ2v) is 4.28. The maximum absolute atomic E-state index is 11.4. The van der Waals surface area contributed by atoms with Crippen molar-refractivity contribution in [1.29, 1.82) is 0 Å². The van der Waals surface area contributed by atoms with E-state index in [4.69, 9.17) is 0 Å². The van der Waals surface area contributed by atoms with Crippen LogP contribution in [0.3, 0.4) is 0 Å².